The molecule has 1 saturated heterocycles. The standard InChI is InChI=1S/C28H26ClN7.C2H6/c29-21-7-5-20(6-8-21)24-11-12-25-28(33-24)36(27(34-25)23-2-1-13-32-26(23)30)22-9-3-19(4-10-22)18-35-16-14-31-15-17-35;1-2/h1-13,31H,14-18H2,(H2,30,32);1-2H3. The molecule has 1 fully saturated rings. The zero-order valence-corrected chi connectivity index (χ0v) is 22.5. The Morgan fingerprint density at radius 1 is 0.895 bits per heavy atom. The molecule has 0 bridgehead atoms. The minimum Gasteiger partial charge on any atom is -0.383 e. The summed E-state index contributed by atoms with van der Waals surface area (Å²) >= 11 is 6.10. The van der Waals surface area contributed by atoms with Gasteiger partial charge in [0.1, 0.15) is 11.3 Å². The van der Waals surface area contributed by atoms with E-state index in [9.17, 15) is 0 Å². The molecule has 0 aliphatic carbocycles. The molecule has 7 nitrogen and oxygen atoms in total. The molecule has 6 rings (SSSR count). The van der Waals surface area contributed by atoms with Crippen LogP contribution in [0.4, 0.5) is 5.82 Å². The van der Waals surface area contributed by atoms with Crippen LogP contribution in [0.1, 0.15) is 19.4 Å². The fourth-order valence-corrected chi connectivity index (χ4v) is 4.77. The molecular weight excluding hydrogens is 494 g/mol. The molecule has 0 spiro atoms. The molecule has 0 saturated carbocycles. The number of nitrogens with two attached hydrogens (primary N) is 1. The molecule has 3 N–H and O–H groups in total. The van der Waals surface area contributed by atoms with E-state index in [4.69, 9.17) is 27.3 Å². The van der Waals surface area contributed by atoms with E-state index < -0.39 is 0 Å². The fourth-order valence-electron chi connectivity index (χ4n) is 4.65. The van der Waals surface area contributed by atoms with Gasteiger partial charge in [0.05, 0.1) is 11.3 Å². The molecule has 194 valence electrons. The first kappa shape index (κ1) is 25.9. The van der Waals surface area contributed by atoms with E-state index >= 15 is 0 Å². The van der Waals surface area contributed by atoms with Gasteiger partial charge in [0.2, 0.25) is 0 Å². The zero-order valence-electron chi connectivity index (χ0n) is 21.7. The Bertz CT molecular complexity index is 1500. The number of hydrogen-bond acceptors (Lipinski definition) is 6. The van der Waals surface area contributed by atoms with Crippen molar-refractivity contribution in [2.75, 3.05) is 31.9 Å². The van der Waals surface area contributed by atoms with Gasteiger partial charge in [-0.15, -0.1) is 0 Å². The molecule has 0 amide bonds. The van der Waals surface area contributed by atoms with Crippen LogP contribution >= 0.6 is 11.6 Å². The predicted octanol–water partition coefficient (Wildman–Crippen LogP) is 5.82. The van der Waals surface area contributed by atoms with Crippen LogP contribution in [0.25, 0.3) is 39.5 Å². The molecule has 1 aliphatic heterocycles. The number of aromatic nitrogens is 4. The van der Waals surface area contributed by atoms with Gasteiger partial charge in [0, 0.05) is 55.2 Å². The summed E-state index contributed by atoms with van der Waals surface area (Å²) in [6.07, 6.45) is 1.69. The number of hydrogen-bond donors (Lipinski definition) is 2. The quantitative estimate of drug-likeness (QED) is 0.301. The maximum absolute atomic E-state index is 6.28. The molecular formula is C30H32ClN7. The van der Waals surface area contributed by atoms with E-state index in [2.05, 4.69) is 44.0 Å². The van der Waals surface area contributed by atoms with E-state index in [1.54, 1.807) is 6.20 Å². The molecule has 0 unspecified atom stereocenters. The molecule has 2 aromatic carbocycles. The Kier molecular flexibility index (Phi) is 7.98. The second-order valence-corrected chi connectivity index (χ2v) is 9.38. The number of nitrogen functional groups attached to an aromatic ring is 1. The average Bonchev–Trinajstić information content (AvgIpc) is 3.34. The molecule has 38 heavy (non-hydrogen) atoms. The van der Waals surface area contributed by atoms with Gasteiger partial charge < -0.3 is 11.1 Å². The maximum atomic E-state index is 6.28. The van der Waals surface area contributed by atoms with Gasteiger partial charge in [0.25, 0.3) is 0 Å². The second kappa shape index (κ2) is 11.7. The van der Waals surface area contributed by atoms with Gasteiger partial charge in [-0.1, -0.05) is 49.7 Å². The number of rotatable bonds is 5. The zero-order chi connectivity index (χ0) is 26.5. The Balaban J connectivity index is 0.00000144. The van der Waals surface area contributed by atoms with Crippen LogP contribution in [-0.2, 0) is 6.54 Å². The average molecular weight is 526 g/mol. The molecule has 8 heteroatoms. The van der Waals surface area contributed by atoms with E-state index in [0.29, 0.717) is 16.7 Å². The lowest BCUT2D eigenvalue weighted by atomic mass is 10.1. The number of nitrogens with zero attached hydrogens (tertiary/aromatic N) is 5. The largest absolute Gasteiger partial charge is 0.383 e. The third-order valence-corrected chi connectivity index (χ3v) is 6.79. The lowest BCUT2D eigenvalue weighted by Crippen LogP contribution is -2.42. The van der Waals surface area contributed by atoms with Crippen LogP contribution in [0.2, 0.25) is 5.02 Å². The highest BCUT2D eigenvalue weighted by molar-refractivity contribution is 6.30. The summed E-state index contributed by atoms with van der Waals surface area (Å²) in [6, 6.07) is 24.1. The summed E-state index contributed by atoms with van der Waals surface area (Å²) in [4.78, 5) is 16.7. The summed E-state index contributed by atoms with van der Waals surface area (Å²) in [5, 5.41) is 4.10. The molecule has 0 atom stereocenters. The predicted molar refractivity (Wildman–Crippen MR) is 156 cm³/mol. The van der Waals surface area contributed by atoms with E-state index in [1.165, 1.54) is 5.56 Å². The Morgan fingerprint density at radius 3 is 2.34 bits per heavy atom. The van der Waals surface area contributed by atoms with Crippen LogP contribution < -0.4 is 11.1 Å². The Labute approximate surface area is 228 Å². The van der Waals surface area contributed by atoms with E-state index in [0.717, 1.165) is 66.4 Å². The molecule has 3 aromatic heterocycles. The van der Waals surface area contributed by atoms with Crippen LogP contribution in [0.5, 0.6) is 0 Å². The van der Waals surface area contributed by atoms with Crippen LogP contribution in [0.15, 0.2) is 79.0 Å². The number of pyridine rings is 2. The lowest BCUT2D eigenvalue weighted by Gasteiger charge is -2.27. The second-order valence-electron chi connectivity index (χ2n) is 8.95. The van der Waals surface area contributed by atoms with Gasteiger partial charge >= 0.3 is 0 Å². The topological polar surface area (TPSA) is 84.9 Å². The van der Waals surface area contributed by atoms with Crippen molar-refractivity contribution in [1.29, 1.82) is 0 Å². The number of benzene rings is 2. The monoisotopic (exact) mass is 525 g/mol. The van der Waals surface area contributed by atoms with Crippen molar-refractivity contribution in [3.63, 3.8) is 0 Å². The Hall–Kier alpha value is -3.78. The first-order valence-corrected chi connectivity index (χ1v) is 13.4. The van der Waals surface area contributed by atoms with Crippen molar-refractivity contribution in [3.05, 3.63) is 89.6 Å². The number of nitrogens with one attached hydrogen (secondary N) is 1. The first-order valence-electron chi connectivity index (χ1n) is 13.0. The number of anilines is 1. The van der Waals surface area contributed by atoms with Gasteiger partial charge in [-0.05, 0) is 54.1 Å². The van der Waals surface area contributed by atoms with Crippen molar-refractivity contribution in [1.82, 2.24) is 29.7 Å². The number of imidazole rings is 1. The highest BCUT2D eigenvalue weighted by Gasteiger charge is 2.19. The summed E-state index contributed by atoms with van der Waals surface area (Å²) < 4.78 is 2.07. The summed E-state index contributed by atoms with van der Waals surface area (Å²) in [6.45, 7) is 9.15. The highest BCUT2D eigenvalue weighted by Crippen LogP contribution is 2.32. The normalized spacial score (nSPS) is 13.8. The van der Waals surface area contributed by atoms with Gasteiger partial charge in [-0.25, -0.2) is 15.0 Å². The fraction of sp³-hybridized carbons (Fsp3) is 0.233. The maximum Gasteiger partial charge on any atom is 0.165 e. The number of halogens is 1. The van der Waals surface area contributed by atoms with E-state index in [1.807, 2.05) is 62.4 Å². The third kappa shape index (κ3) is 5.41. The number of fused-ring (bicyclic) bond motifs is 1. The molecule has 0 radical (unpaired) electrons. The van der Waals surface area contributed by atoms with Crippen LogP contribution in [0, 0.1) is 0 Å². The van der Waals surface area contributed by atoms with E-state index in [-0.39, 0.29) is 0 Å². The summed E-state index contributed by atoms with van der Waals surface area (Å²) in [5.41, 5.74) is 12.7. The Morgan fingerprint density at radius 2 is 1.63 bits per heavy atom. The summed E-state index contributed by atoms with van der Waals surface area (Å²) in [7, 11) is 0. The first-order chi connectivity index (χ1) is 18.7. The minimum atomic E-state index is 0.433. The van der Waals surface area contributed by atoms with Crippen molar-refractivity contribution in [2.24, 2.45) is 0 Å². The minimum absolute atomic E-state index is 0.433. The number of piperazine rings is 1. The van der Waals surface area contributed by atoms with Crippen molar-refractivity contribution in [3.8, 4) is 28.3 Å². The van der Waals surface area contributed by atoms with Crippen molar-refractivity contribution < 1.29 is 0 Å². The van der Waals surface area contributed by atoms with Gasteiger partial charge in [-0.2, -0.15) is 0 Å². The third-order valence-electron chi connectivity index (χ3n) is 6.53. The summed E-state index contributed by atoms with van der Waals surface area (Å²) in [5.74, 6) is 1.15. The molecule has 1 aliphatic rings. The highest BCUT2D eigenvalue weighted by atomic mass is 35.5. The van der Waals surface area contributed by atoms with Gasteiger partial charge in [0.15, 0.2) is 11.5 Å². The molecule has 5 aromatic rings. The molecule has 4 heterocycles. The van der Waals surface area contributed by atoms with Crippen molar-refractivity contribution >= 4 is 28.6 Å². The van der Waals surface area contributed by atoms with Crippen LogP contribution in [-0.4, -0.2) is 50.6 Å². The SMILES string of the molecule is CC.Nc1ncccc1-c1nc2ccc(-c3ccc(Cl)cc3)nc2n1-c1ccc(CN2CCNCC2)cc1. The van der Waals surface area contributed by atoms with Crippen molar-refractivity contribution in [2.45, 2.75) is 20.4 Å². The van der Waals surface area contributed by atoms with Crippen LogP contribution in [0.3, 0.4) is 0 Å². The smallest absolute Gasteiger partial charge is 0.165 e. The van der Waals surface area contributed by atoms with Gasteiger partial charge in [-0.3, -0.25) is 9.47 Å². The lowest BCUT2D eigenvalue weighted by molar-refractivity contribution is 0.233.